The highest BCUT2D eigenvalue weighted by Gasteiger charge is 2.28. The average Bonchev–Trinajstić information content (AvgIpc) is 2.58. The Labute approximate surface area is 114 Å². The largest absolute Gasteiger partial charge is 0.378 e. The van der Waals surface area contributed by atoms with Crippen molar-refractivity contribution in [1.29, 1.82) is 0 Å². The summed E-state index contributed by atoms with van der Waals surface area (Å²) >= 11 is 0. The Morgan fingerprint density at radius 2 is 2.21 bits per heavy atom. The van der Waals surface area contributed by atoms with Gasteiger partial charge in [-0.2, -0.15) is 0 Å². The molecule has 2 amide bonds. The maximum Gasteiger partial charge on any atom is 0.245 e. The van der Waals surface area contributed by atoms with Crippen molar-refractivity contribution in [3.8, 4) is 0 Å². The first kappa shape index (κ1) is 14.3. The van der Waals surface area contributed by atoms with E-state index in [1.54, 1.807) is 0 Å². The zero-order valence-electron chi connectivity index (χ0n) is 11.7. The fraction of sp³-hybridized carbons (Fsp3) is 0.857. The lowest BCUT2D eigenvalue weighted by atomic mass is 10.1. The van der Waals surface area contributed by atoms with Gasteiger partial charge in [0.05, 0.1) is 6.10 Å². The van der Waals surface area contributed by atoms with Crippen LogP contribution in [0, 0.1) is 0 Å². The number of carbonyl (C=O) groups is 2. The smallest absolute Gasteiger partial charge is 0.245 e. The Kier molecular flexibility index (Phi) is 5.19. The normalized spacial score (nSPS) is 29.0. The molecule has 0 aromatic rings. The van der Waals surface area contributed by atoms with Crippen LogP contribution in [-0.4, -0.2) is 48.6 Å². The fourth-order valence-corrected chi connectivity index (χ4v) is 2.73. The highest BCUT2D eigenvalue weighted by atomic mass is 16.5. The van der Waals surface area contributed by atoms with E-state index in [-0.39, 0.29) is 24.0 Å². The third-order valence-corrected chi connectivity index (χ3v) is 3.96. The molecule has 0 radical (unpaired) electrons. The Morgan fingerprint density at radius 3 is 2.89 bits per heavy atom. The van der Waals surface area contributed by atoms with E-state index in [2.05, 4.69) is 5.32 Å². The molecule has 2 aliphatic rings. The number of nitrogens with zero attached hydrogens (tertiary/aromatic N) is 1. The van der Waals surface area contributed by atoms with Crippen molar-refractivity contribution >= 4 is 11.8 Å². The maximum absolute atomic E-state index is 12.3. The van der Waals surface area contributed by atoms with Crippen LogP contribution in [0.2, 0.25) is 0 Å². The molecule has 0 saturated carbocycles. The summed E-state index contributed by atoms with van der Waals surface area (Å²) in [5.74, 6) is 0.0424. The van der Waals surface area contributed by atoms with Gasteiger partial charge in [0.25, 0.3) is 0 Å². The van der Waals surface area contributed by atoms with Crippen LogP contribution in [0.3, 0.4) is 0 Å². The summed E-state index contributed by atoms with van der Waals surface area (Å²) in [6.45, 7) is 4.01. The number of hydrogen-bond acceptors (Lipinski definition) is 3. The molecule has 0 bridgehead atoms. The molecule has 1 N–H and O–H groups in total. The lowest BCUT2D eigenvalue weighted by molar-refractivity contribution is -0.134. The van der Waals surface area contributed by atoms with E-state index in [0.717, 1.165) is 25.9 Å². The molecule has 108 valence electrons. The molecular formula is C14H24N2O3. The van der Waals surface area contributed by atoms with Crippen molar-refractivity contribution in [2.75, 3.05) is 19.7 Å². The molecule has 19 heavy (non-hydrogen) atoms. The van der Waals surface area contributed by atoms with Gasteiger partial charge in [-0.3, -0.25) is 9.59 Å². The molecule has 0 aromatic heterocycles. The summed E-state index contributed by atoms with van der Waals surface area (Å²) in [6, 6.07) is -0.345. The predicted molar refractivity (Wildman–Crippen MR) is 71.6 cm³/mol. The van der Waals surface area contributed by atoms with Gasteiger partial charge < -0.3 is 15.0 Å². The van der Waals surface area contributed by atoms with Crippen LogP contribution in [0.15, 0.2) is 0 Å². The van der Waals surface area contributed by atoms with Crippen molar-refractivity contribution in [3.05, 3.63) is 0 Å². The van der Waals surface area contributed by atoms with E-state index < -0.39 is 0 Å². The van der Waals surface area contributed by atoms with Gasteiger partial charge in [0.2, 0.25) is 11.8 Å². The van der Waals surface area contributed by atoms with E-state index in [4.69, 9.17) is 4.74 Å². The summed E-state index contributed by atoms with van der Waals surface area (Å²) < 4.78 is 5.69. The van der Waals surface area contributed by atoms with E-state index in [1.807, 2.05) is 11.8 Å². The standard InChI is InChI=1S/C14H24N2O3/c1-2-12-14(18)16(9-7-13(17)15-12)8-6-11-5-3-4-10-19-11/h11-12H,2-10H2,1H3,(H,15,17). The van der Waals surface area contributed by atoms with Crippen molar-refractivity contribution < 1.29 is 14.3 Å². The summed E-state index contributed by atoms with van der Waals surface area (Å²) in [7, 11) is 0. The van der Waals surface area contributed by atoms with Gasteiger partial charge in [-0.25, -0.2) is 0 Å². The van der Waals surface area contributed by atoms with Gasteiger partial charge in [-0.15, -0.1) is 0 Å². The molecule has 2 rings (SSSR count). The number of ether oxygens (including phenoxy) is 1. The van der Waals surface area contributed by atoms with E-state index in [9.17, 15) is 9.59 Å². The molecule has 2 saturated heterocycles. The number of hydrogen-bond donors (Lipinski definition) is 1. The molecule has 0 aliphatic carbocycles. The predicted octanol–water partition coefficient (Wildman–Crippen LogP) is 1.07. The van der Waals surface area contributed by atoms with Crippen molar-refractivity contribution in [2.45, 2.75) is 57.6 Å². The maximum atomic E-state index is 12.3. The Bertz CT molecular complexity index is 327. The lowest BCUT2D eigenvalue weighted by Gasteiger charge is -2.27. The Hall–Kier alpha value is -1.10. The van der Waals surface area contributed by atoms with Crippen LogP contribution < -0.4 is 5.32 Å². The second-order valence-corrected chi connectivity index (χ2v) is 5.38. The van der Waals surface area contributed by atoms with Crippen molar-refractivity contribution in [3.63, 3.8) is 0 Å². The van der Waals surface area contributed by atoms with E-state index >= 15 is 0 Å². The average molecular weight is 268 g/mol. The number of carbonyl (C=O) groups excluding carboxylic acids is 2. The minimum absolute atomic E-state index is 0.0170. The zero-order valence-corrected chi connectivity index (χ0v) is 11.7. The number of nitrogens with one attached hydrogen (secondary N) is 1. The zero-order chi connectivity index (χ0) is 13.7. The third-order valence-electron chi connectivity index (χ3n) is 3.96. The second kappa shape index (κ2) is 6.89. The Morgan fingerprint density at radius 1 is 1.37 bits per heavy atom. The SMILES string of the molecule is CCC1NC(=O)CCN(CCC2CCCCO2)C1=O. The molecule has 5 nitrogen and oxygen atoms in total. The second-order valence-electron chi connectivity index (χ2n) is 5.38. The van der Waals surface area contributed by atoms with Gasteiger partial charge in [-0.05, 0) is 32.1 Å². The highest BCUT2D eigenvalue weighted by Crippen LogP contribution is 2.17. The van der Waals surface area contributed by atoms with Crippen molar-refractivity contribution in [1.82, 2.24) is 10.2 Å². The molecule has 0 spiro atoms. The minimum Gasteiger partial charge on any atom is -0.378 e. The van der Waals surface area contributed by atoms with E-state index in [0.29, 0.717) is 25.9 Å². The Balaban J connectivity index is 1.86. The van der Waals surface area contributed by atoms with Crippen LogP contribution in [0.1, 0.15) is 45.4 Å². The molecule has 5 heteroatoms. The van der Waals surface area contributed by atoms with Gasteiger partial charge in [0.15, 0.2) is 0 Å². The highest BCUT2D eigenvalue weighted by molar-refractivity contribution is 5.89. The summed E-state index contributed by atoms with van der Waals surface area (Å²) in [5.41, 5.74) is 0. The van der Waals surface area contributed by atoms with E-state index in [1.165, 1.54) is 6.42 Å². The number of rotatable bonds is 4. The van der Waals surface area contributed by atoms with Gasteiger partial charge in [0, 0.05) is 26.1 Å². The quantitative estimate of drug-likeness (QED) is 0.830. The first-order chi connectivity index (χ1) is 9.20. The first-order valence-corrected chi connectivity index (χ1v) is 7.40. The molecule has 2 aliphatic heterocycles. The molecule has 0 aromatic carbocycles. The molecule has 2 atom stereocenters. The lowest BCUT2D eigenvalue weighted by Crippen LogP contribution is -2.45. The summed E-state index contributed by atoms with van der Waals surface area (Å²) in [4.78, 5) is 25.6. The fourth-order valence-electron chi connectivity index (χ4n) is 2.73. The van der Waals surface area contributed by atoms with Crippen molar-refractivity contribution in [2.24, 2.45) is 0 Å². The van der Waals surface area contributed by atoms with Gasteiger partial charge in [0.1, 0.15) is 6.04 Å². The number of amides is 2. The van der Waals surface area contributed by atoms with Crippen LogP contribution in [0.25, 0.3) is 0 Å². The van der Waals surface area contributed by atoms with Gasteiger partial charge >= 0.3 is 0 Å². The molecule has 2 fully saturated rings. The topological polar surface area (TPSA) is 58.6 Å². The van der Waals surface area contributed by atoms with Crippen LogP contribution >= 0.6 is 0 Å². The molecular weight excluding hydrogens is 244 g/mol. The van der Waals surface area contributed by atoms with Crippen LogP contribution in [0.5, 0.6) is 0 Å². The van der Waals surface area contributed by atoms with Gasteiger partial charge in [-0.1, -0.05) is 6.92 Å². The first-order valence-electron chi connectivity index (χ1n) is 7.40. The van der Waals surface area contributed by atoms with Crippen LogP contribution in [0.4, 0.5) is 0 Å². The molecule has 2 unspecified atom stereocenters. The van der Waals surface area contributed by atoms with Crippen LogP contribution in [-0.2, 0) is 14.3 Å². The summed E-state index contributed by atoms with van der Waals surface area (Å²) in [5, 5.41) is 2.78. The summed E-state index contributed by atoms with van der Waals surface area (Å²) in [6.07, 6.45) is 5.70. The monoisotopic (exact) mass is 268 g/mol. The third kappa shape index (κ3) is 3.93. The molecule has 2 heterocycles. The minimum atomic E-state index is -0.345.